The topological polar surface area (TPSA) is 54.5 Å². The Labute approximate surface area is 114 Å². The van der Waals surface area contributed by atoms with Crippen LogP contribution in [0.25, 0.3) is 0 Å². The van der Waals surface area contributed by atoms with Gasteiger partial charge >= 0.3 is 6.09 Å². The molecule has 0 spiro atoms. The normalized spacial score (nSPS) is 16.3. The molecule has 0 atom stereocenters. The summed E-state index contributed by atoms with van der Waals surface area (Å²) in [7, 11) is 0. The maximum absolute atomic E-state index is 11.9. The number of nitrogens with zero attached hydrogens (tertiary/aromatic N) is 2. The second kappa shape index (κ2) is 5.57. The maximum Gasteiger partial charge on any atom is 0.415 e. The number of ether oxygens (including phenoxy) is 1. The van der Waals surface area contributed by atoms with Crippen molar-refractivity contribution in [2.24, 2.45) is 0 Å². The number of amides is 1. The van der Waals surface area contributed by atoms with Gasteiger partial charge in [0.15, 0.2) is 5.75 Å². The molecule has 0 aromatic carbocycles. The molecule has 1 saturated heterocycles. The van der Waals surface area contributed by atoms with Crippen LogP contribution in [0.4, 0.5) is 4.79 Å². The molecule has 0 saturated carbocycles. The molecule has 19 heavy (non-hydrogen) atoms. The molecule has 1 aromatic rings. The second-order valence-electron chi connectivity index (χ2n) is 5.73. The largest absolute Gasteiger partial charge is 0.415 e. The highest BCUT2D eigenvalue weighted by Crippen LogP contribution is 2.21. The van der Waals surface area contributed by atoms with Crippen molar-refractivity contribution in [1.29, 1.82) is 0 Å². The average Bonchev–Trinajstić information content (AvgIpc) is 2.39. The van der Waals surface area contributed by atoms with Crippen molar-refractivity contribution in [3.05, 3.63) is 24.0 Å². The summed E-state index contributed by atoms with van der Waals surface area (Å²) < 4.78 is 5.32. The lowest BCUT2D eigenvalue weighted by atomic mass is 9.92. The molecule has 2 heterocycles. The second-order valence-corrected chi connectivity index (χ2v) is 5.73. The lowest BCUT2D eigenvalue weighted by Crippen LogP contribution is -2.47. The minimum Gasteiger partial charge on any atom is -0.409 e. The van der Waals surface area contributed by atoms with Gasteiger partial charge in [0, 0.05) is 37.3 Å². The van der Waals surface area contributed by atoms with Gasteiger partial charge in [-0.05, 0) is 12.1 Å². The van der Waals surface area contributed by atoms with Crippen molar-refractivity contribution in [3.8, 4) is 5.75 Å². The molecule has 104 valence electrons. The van der Waals surface area contributed by atoms with E-state index >= 15 is 0 Å². The fraction of sp³-hybridized carbons (Fsp3) is 0.571. The molecule has 0 unspecified atom stereocenters. The fourth-order valence-corrected chi connectivity index (χ4v) is 1.90. The molecule has 1 fully saturated rings. The summed E-state index contributed by atoms with van der Waals surface area (Å²) in [6.45, 7) is 9.30. The minimum atomic E-state index is -0.299. The van der Waals surface area contributed by atoms with E-state index in [1.54, 1.807) is 17.2 Å². The van der Waals surface area contributed by atoms with Crippen LogP contribution in [0.3, 0.4) is 0 Å². The highest BCUT2D eigenvalue weighted by atomic mass is 16.6. The van der Waals surface area contributed by atoms with Gasteiger partial charge in [-0.3, -0.25) is 4.98 Å². The number of nitrogens with one attached hydrogen (secondary N) is 1. The molecule has 0 bridgehead atoms. The minimum absolute atomic E-state index is 0.00107. The standard InChI is InChI=1S/C14H21N3O2/c1-14(2,3)12-5-4-11(10-16-12)19-13(18)17-8-6-15-7-9-17/h4-5,10,15H,6-9H2,1-3H3. The Kier molecular flexibility index (Phi) is 4.04. The highest BCUT2D eigenvalue weighted by Gasteiger charge is 2.19. The van der Waals surface area contributed by atoms with Crippen LogP contribution in [0.15, 0.2) is 18.3 Å². The summed E-state index contributed by atoms with van der Waals surface area (Å²) in [5.41, 5.74) is 0.982. The number of hydrogen-bond donors (Lipinski definition) is 1. The Bertz CT molecular complexity index is 431. The van der Waals surface area contributed by atoms with Gasteiger partial charge in [0.1, 0.15) is 0 Å². The van der Waals surface area contributed by atoms with Gasteiger partial charge in [-0.1, -0.05) is 20.8 Å². The van der Waals surface area contributed by atoms with E-state index in [1.807, 2.05) is 6.07 Å². The summed E-state index contributed by atoms with van der Waals surface area (Å²) in [6.07, 6.45) is 1.31. The Balaban J connectivity index is 1.97. The first-order valence-corrected chi connectivity index (χ1v) is 6.61. The lowest BCUT2D eigenvalue weighted by molar-refractivity contribution is 0.145. The van der Waals surface area contributed by atoms with Gasteiger partial charge in [-0.25, -0.2) is 4.79 Å². The lowest BCUT2D eigenvalue weighted by Gasteiger charge is -2.26. The van der Waals surface area contributed by atoms with Gasteiger partial charge in [0.2, 0.25) is 0 Å². The molecule has 1 aliphatic heterocycles. The summed E-state index contributed by atoms with van der Waals surface area (Å²) in [6, 6.07) is 3.70. The fourth-order valence-electron chi connectivity index (χ4n) is 1.90. The summed E-state index contributed by atoms with van der Waals surface area (Å²) in [4.78, 5) is 17.9. The quantitative estimate of drug-likeness (QED) is 0.839. The van der Waals surface area contributed by atoms with Crippen molar-refractivity contribution in [2.75, 3.05) is 26.2 Å². The van der Waals surface area contributed by atoms with Crippen molar-refractivity contribution in [3.63, 3.8) is 0 Å². The van der Waals surface area contributed by atoms with E-state index in [-0.39, 0.29) is 11.5 Å². The molecule has 1 N–H and O–H groups in total. The van der Waals surface area contributed by atoms with Crippen molar-refractivity contribution < 1.29 is 9.53 Å². The Hall–Kier alpha value is -1.62. The molecule has 5 heteroatoms. The Morgan fingerprint density at radius 1 is 1.32 bits per heavy atom. The average molecular weight is 263 g/mol. The number of piperazine rings is 1. The summed E-state index contributed by atoms with van der Waals surface area (Å²) in [5.74, 6) is 0.497. The predicted molar refractivity (Wildman–Crippen MR) is 73.4 cm³/mol. The van der Waals surface area contributed by atoms with Gasteiger partial charge in [-0.15, -0.1) is 0 Å². The third kappa shape index (κ3) is 3.67. The first kappa shape index (κ1) is 13.8. The predicted octanol–water partition coefficient (Wildman–Crippen LogP) is 1.78. The van der Waals surface area contributed by atoms with Gasteiger partial charge in [0.05, 0.1) is 6.20 Å². The number of rotatable bonds is 1. The number of carbonyl (C=O) groups excluding carboxylic acids is 1. The third-order valence-electron chi connectivity index (χ3n) is 3.09. The van der Waals surface area contributed by atoms with Crippen molar-refractivity contribution in [1.82, 2.24) is 15.2 Å². The maximum atomic E-state index is 11.9. The Morgan fingerprint density at radius 2 is 2.00 bits per heavy atom. The van der Waals surface area contributed by atoms with Crippen LogP contribution in [0.5, 0.6) is 5.75 Å². The molecule has 1 amide bonds. The van der Waals surface area contributed by atoms with E-state index < -0.39 is 0 Å². The molecule has 5 nitrogen and oxygen atoms in total. The molecule has 0 radical (unpaired) electrons. The van der Waals surface area contributed by atoms with Crippen LogP contribution in [0.1, 0.15) is 26.5 Å². The zero-order valence-corrected chi connectivity index (χ0v) is 11.8. The zero-order valence-electron chi connectivity index (χ0n) is 11.8. The summed E-state index contributed by atoms with van der Waals surface area (Å²) >= 11 is 0. The van der Waals surface area contributed by atoms with E-state index in [1.165, 1.54) is 0 Å². The van der Waals surface area contributed by atoms with Crippen LogP contribution >= 0.6 is 0 Å². The number of pyridine rings is 1. The van der Waals surface area contributed by atoms with E-state index in [0.29, 0.717) is 18.8 Å². The van der Waals surface area contributed by atoms with Crippen LogP contribution < -0.4 is 10.1 Å². The number of carbonyl (C=O) groups is 1. The smallest absolute Gasteiger partial charge is 0.409 e. The highest BCUT2D eigenvalue weighted by molar-refractivity contribution is 5.70. The molecule has 0 aliphatic carbocycles. The number of hydrogen-bond acceptors (Lipinski definition) is 4. The van der Waals surface area contributed by atoms with Crippen LogP contribution in [-0.2, 0) is 5.41 Å². The zero-order chi connectivity index (χ0) is 13.9. The van der Waals surface area contributed by atoms with Gasteiger partial charge in [-0.2, -0.15) is 0 Å². The molecular weight excluding hydrogens is 242 g/mol. The van der Waals surface area contributed by atoms with Crippen LogP contribution in [-0.4, -0.2) is 42.2 Å². The van der Waals surface area contributed by atoms with Crippen LogP contribution in [0.2, 0.25) is 0 Å². The molecule has 1 aromatic heterocycles. The summed E-state index contributed by atoms with van der Waals surface area (Å²) in [5, 5.41) is 3.20. The van der Waals surface area contributed by atoms with E-state index in [0.717, 1.165) is 18.8 Å². The van der Waals surface area contributed by atoms with Gasteiger partial charge < -0.3 is 15.0 Å². The van der Waals surface area contributed by atoms with Gasteiger partial charge in [0.25, 0.3) is 0 Å². The molecule has 2 rings (SSSR count). The van der Waals surface area contributed by atoms with Crippen LogP contribution in [0, 0.1) is 0 Å². The molecule has 1 aliphatic rings. The van der Waals surface area contributed by atoms with Crippen molar-refractivity contribution in [2.45, 2.75) is 26.2 Å². The monoisotopic (exact) mass is 263 g/mol. The first-order chi connectivity index (χ1) is 8.97. The molecular formula is C14H21N3O2. The van der Waals surface area contributed by atoms with Crippen molar-refractivity contribution >= 4 is 6.09 Å². The van der Waals surface area contributed by atoms with E-state index in [9.17, 15) is 4.79 Å². The third-order valence-corrected chi connectivity index (χ3v) is 3.09. The first-order valence-electron chi connectivity index (χ1n) is 6.61. The van der Waals surface area contributed by atoms with E-state index in [4.69, 9.17) is 4.74 Å². The SMILES string of the molecule is CC(C)(C)c1ccc(OC(=O)N2CCNCC2)cn1. The van der Waals surface area contributed by atoms with E-state index in [2.05, 4.69) is 31.1 Å². The Morgan fingerprint density at radius 3 is 2.53 bits per heavy atom. The number of aromatic nitrogens is 1.